The summed E-state index contributed by atoms with van der Waals surface area (Å²) < 4.78 is 39.1. The van der Waals surface area contributed by atoms with Crippen molar-refractivity contribution in [3.63, 3.8) is 0 Å². The second-order valence-corrected chi connectivity index (χ2v) is 6.73. The zero-order chi connectivity index (χ0) is 18.0. The summed E-state index contributed by atoms with van der Waals surface area (Å²) >= 11 is 0. The smallest absolute Gasteiger partial charge is 0.269 e. The third-order valence-corrected chi connectivity index (χ3v) is 5.05. The molecule has 1 N–H and O–H groups in total. The average molecular weight is 363 g/mol. The standard InChI is InChI=1S/C14H10FN5O4S/c15-9-3-5-11(6-4-9)25(23,24)20-7-1-2-10(20)8-12(21)13(22)14-16-18-19-17-14/h1-7H,8H2,(H,16,17,18,19). The van der Waals surface area contributed by atoms with Crippen LogP contribution in [0.3, 0.4) is 0 Å². The van der Waals surface area contributed by atoms with Crippen molar-refractivity contribution < 1.29 is 22.4 Å². The van der Waals surface area contributed by atoms with E-state index in [0.717, 1.165) is 28.2 Å². The van der Waals surface area contributed by atoms with Crippen molar-refractivity contribution in [2.45, 2.75) is 11.3 Å². The van der Waals surface area contributed by atoms with Gasteiger partial charge in [0.2, 0.25) is 11.6 Å². The molecule has 3 rings (SSSR count). The molecule has 0 unspecified atom stereocenters. The lowest BCUT2D eigenvalue weighted by atomic mass is 10.1. The van der Waals surface area contributed by atoms with Crippen LogP contribution in [-0.4, -0.2) is 44.6 Å². The van der Waals surface area contributed by atoms with Crippen molar-refractivity contribution in [3.05, 3.63) is 59.9 Å². The number of tetrazole rings is 1. The number of ketones is 2. The number of hydrogen-bond acceptors (Lipinski definition) is 7. The Hall–Kier alpha value is -3.21. The fraction of sp³-hybridized carbons (Fsp3) is 0.0714. The Labute approximate surface area is 140 Å². The van der Waals surface area contributed by atoms with Crippen LogP contribution in [0.15, 0.2) is 47.5 Å². The number of carbonyl (C=O) groups is 2. The maximum absolute atomic E-state index is 13.0. The number of aromatic amines is 1. The lowest BCUT2D eigenvalue weighted by Crippen LogP contribution is -2.22. The zero-order valence-electron chi connectivity index (χ0n) is 12.5. The number of benzene rings is 1. The third-order valence-electron chi connectivity index (χ3n) is 3.31. The van der Waals surface area contributed by atoms with E-state index in [2.05, 4.69) is 20.6 Å². The summed E-state index contributed by atoms with van der Waals surface area (Å²) in [5.41, 5.74) is 0.0752. The minimum atomic E-state index is -4.03. The Bertz CT molecular complexity index is 1030. The number of aromatic nitrogens is 5. The third kappa shape index (κ3) is 3.21. The zero-order valence-corrected chi connectivity index (χ0v) is 13.3. The van der Waals surface area contributed by atoms with E-state index in [1.54, 1.807) is 0 Å². The normalized spacial score (nSPS) is 11.4. The molecule has 128 valence electrons. The number of nitrogens with zero attached hydrogens (tertiary/aromatic N) is 4. The van der Waals surface area contributed by atoms with Gasteiger partial charge in [-0.1, -0.05) is 0 Å². The van der Waals surface area contributed by atoms with Crippen LogP contribution in [0.2, 0.25) is 0 Å². The van der Waals surface area contributed by atoms with Gasteiger partial charge in [0.1, 0.15) is 5.82 Å². The number of carbonyl (C=O) groups excluding carboxylic acids is 2. The summed E-state index contributed by atoms with van der Waals surface area (Å²) in [7, 11) is -4.03. The molecule has 2 aromatic heterocycles. The van der Waals surface area contributed by atoms with Gasteiger partial charge < -0.3 is 0 Å². The van der Waals surface area contributed by atoms with Crippen LogP contribution in [0, 0.1) is 5.82 Å². The number of nitrogens with one attached hydrogen (secondary N) is 1. The predicted octanol–water partition coefficient (Wildman–Crippen LogP) is 0.372. The van der Waals surface area contributed by atoms with E-state index in [4.69, 9.17) is 0 Å². The Morgan fingerprint density at radius 3 is 2.52 bits per heavy atom. The molecule has 11 heteroatoms. The molecule has 1 aromatic carbocycles. The quantitative estimate of drug-likeness (QED) is 0.495. The maximum Gasteiger partial charge on any atom is 0.269 e. The molecular weight excluding hydrogens is 353 g/mol. The van der Waals surface area contributed by atoms with Gasteiger partial charge in [-0.3, -0.25) is 9.59 Å². The van der Waals surface area contributed by atoms with Gasteiger partial charge in [0.15, 0.2) is 0 Å². The summed E-state index contributed by atoms with van der Waals surface area (Å²) in [5.74, 6) is -2.85. The molecule has 0 spiro atoms. The first-order valence-electron chi connectivity index (χ1n) is 6.88. The number of halogens is 1. The molecule has 0 amide bonds. The largest absolute Gasteiger partial charge is 0.290 e. The van der Waals surface area contributed by atoms with Crippen LogP contribution in [0.4, 0.5) is 4.39 Å². The maximum atomic E-state index is 13.0. The van der Waals surface area contributed by atoms with E-state index in [9.17, 15) is 22.4 Å². The molecule has 0 aliphatic carbocycles. The molecule has 0 aliphatic rings. The van der Waals surface area contributed by atoms with E-state index >= 15 is 0 Å². The topological polar surface area (TPSA) is 128 Å². The number of H-pyrrole nitrogens is 1. The highest BCUT2D eigenvalue weighted by Crippen LogP contribution is 2.18. The predicted molar refractivity (Wildman–Crippen MR) is 80.6 cm³/mol. The molecule has 9 nitrogen and oxygen atoms in total. The van der Waals surface area contributed by atoms with Crippen LogP contribution in [0.5, 0.6) is 0 Å². The molecule has 0 atom stereocenters. The Morgan fingerprint density at radius 1 is 1.16 bits per heavy atom. The fourth-order valence-electron chi connectivity index (χ4n) is 2.12. The van der Waals surface area contributed by atoms with E-state index in [0.29, 0.717) is 0 Å². The van der Waals surface area contributed by atoms with E-state index in [1.807, 2.05) is 0 Å². The number of hydrogen-bond donors (Lipinski definition) is 1. The first-order valence-corrected chi connectivity index (χ1v) is 8.32. The van der Waals surface area contributed by atoms with Gasteiger partial charge >= 0.3 is 0 Å². The summed E-state index contributed by atoms with van der Waals surface area (Å²) in [6, 6.07) is 7.06. The molecule has 0 saturated heterocycles. The van der Waals surface area contributed by atoms with Crippen LogP contribution in [-0.2, 0) is 21.2 Å². The lowest BCUT2D eigenvalue weighted by molar-refractivity contribution is -0.114. The van der Waals surface area contributed by atoms with Crippen molar-refractivity contribution in [2.24, 2.45) is 0 Å². The molecule has 25 heavy (non-hydrogen) atoms. The molecule has 3 aromatic rings. The molecule has 0 fully saturated rings. The summed E-state index contributed by atoms with van der Waals surface area (Å²) in [6.45, 7) is 0. The Kier molecular flexibility index (Phi) is 4.23. The van der Waals surface area contributed by atoms with Crippen molar-refractivity contribution in [3.8, 4) is 0 Å². The average Bonchev–Trinajstić information content (AvgIpc) is 3.26. The monoisotopic (exact) mass is 363 g/mol. The van der Waals surface area contributed by atoms with Gasteiger partial charge in [-0.15, -0.1) is 10.2 Å². The molecule has 2 heterocycles. The van der Waals surface area contributed by atoms with Crippen molar-refractivity contribution in [1.82, 2.24) is 24.6 Å². The van der Waals surface area contributed by atoms with E-state index in [-0.39, 0.29) is 10.6 Å². The molecular formula is C14H10FN5O4S. The Morgan fingerprint density at radius 2 is 1.88 bits per heavy atom. The van der Waals surface area contributed by atoms with Gasteiger partial charge in [-0.05, 0) is 41.6 Å². The summed E-state index contributed by atoms with van der Waals surface area (Å²) in [5, 5.41) is 12.1. The molecule has 0 saturated carbocycles. The van der Waals surface area contributed by atoms with Crippen LogP contribution >= 0.6 is 0 Å². The van der Waals surface area contributed by atoms with Crippen molar-refractivity contribution in [1.29, 1.82) is 0 Å². The Balaban J connectivity index is 1.89. The van der Waals surface area contributed by atoms with Gasteiger partial charge in [-0.2, -0.15) is 5.21 Å². The van der Waals surface area contributed by atoms with Crippen molar-refractivity contribution in [2.75, 3.05) is 0 Å². The van der Waals surface area contributed by atoms with Gasteiger partial charge in [-0.25, -0.2) is 16.8 Å². The van der Waals surface area contributed by atoms with Crippen LogP contribution < -0.4 is 0 Å². The van der Waals surface area contributed by atoms with Crippen LogP contribution in [0.1, 0.15) is 16.3 Å². The number of rotatable bonds is 6. The molecule has 0 bridgehead atoms. The SMILES string of the molecule is O=C(Cc1cccn1S(=O)(=O)c1ccc(F)cc1)C(=O)c1nn[nH]n1. The minimum absolute atomic E-state index is 0.0752. The highest BCUT2D eigenvalue weighted by atomic mass is 32.2. The van der Waals surface area contributed by atoms with E-state index < -0.39 is 39.7 Å². The van der Waals surface area contributed by atoms with Gasteiger partial charge in [0.25, 0.3) is 15.8 Å². The highest BCUT2D eigenvalue weighted by Gasteiger charge is 2.25. The molecule has 0 radical (unpaired) electrons. The van der Waals surface area contributed by atoms with Crippen molar-refractivity contribution >= 4 is 21.6 Å². The summed E-state index contributed by atoms with van der Waals surface area (Å²) in [6.07, 6.45) is 0.765. The number of Topliss-reactive ketones (excluding diaryl/α,β-unsaturated/α-hetero) is 2. The lowest BCUT2D eigenvalue weighted by Gasteiger charge is -2.09. The highest BCUT2D eigenvalue weighted by molar-refractivity contribution is 7.90. The molecule has 0 aliphatic heterocycles. The first kappa shape index (κ1) is 16.6. The van der Waals surface area contributed by atoms with E-state index in [1.165, 1.54) is 18.3 Å². The second kappa shape index (κ2) is 6.36. The van der Waals surface area contributed by atoms with Gasteiger partial charge in [0, 0.05) is 11.9 Å². The fourth-order valence-corrected chi connectivity index (χ4v) is 3.49. The minimum Gasteiger partial charge on any atom is -0.290 e. The van der Waals surface area contributed by atoms with Crippen LogP contribution in [0.25, 0.3) is 0 Å². The summed E-state index contributed by atoms with van der Waals surface area (Å²) in [4.78, 5) is 23.8. The second-order valence-electron chi connectivity index (χ2n) is 4.92. The van der Waals surface area contributed by atoms with Gasteiger partial charge in [0.05, 0.1) is 11.3 Å². The first-order chi connectivity index (χ1) is 11.9.